The molecule has 0 aliphatic rings. The summed E-state index contributed by atoms with van der Waals surface area (Å²) < 4.78 is 0.995. The predicted molar refractivity (Wildman–Crippen MR) is 118 cm³/mol. The van der Waals surface area contributed by atoms with E-state index in [-0.39, 0.29) is 5.91 Å². The maximum atomic E-state index is 12.5. The SMILES string of the molecule is CCNc1nc(C)cc(Nc2ccc(NC(=O)c3nc4ccccc4s3)cc2)n1. The summed E-state index contributed by atoms with van der Waals surface area (Å²) in [6.45, 7) is 4.68. The van der Waals surface area contributed by atoms with Gasteiger partial charge in [0.15, 0.2) is 5.01 Å². The van der Waals surface area contributed by atoms with Crippen LogP contribution in [0.4, 0.5) is 23.1 Å². The van der Waals surface area contributed by atoms with Crippen molar-refractivity contribution < 1.29 is 4.79 Å². The maximum Gasteiger partial charge on any atom is 0.284 e. The molecular weight excluding hydrogens is 384 g/mol. The molecule has 0 saturated heterocycles. The Morgan fingerprint density at radius 3 is 2.52 bits per heavy atom. The van der Waals surface area contributed by atoms with Crippen molar-refractivity contribution in [3.63, 3.8) is 0 Å². The van der Waals surface area contributed by atoms with E-state index in [1.165, 1.54) is 11.3 Å². The van der Waals surface area contributed by atoms with Crippen LogP contribution in [-0.2, 0) is 0 Å². The van der Waals surface area contributed by atoms with Gasteiger partial charge < -0.3 is 16.0 Å². The first-order valence-electron chi connectivity index (χ1n) is 9.24. The number of aryl methyl sites for hydroxylation is 1. The fourth-order valence-electron chi connectivity index (χ4n) is 2.81. The highest BCUT2D eigenvalue weighted by molar-refractivity contribution is 7.20. The van der Waals surface area contributed by atoms with Gasteiger partial charge >= 0.3 is 0 Å². The number of fused-ring (bicyclic) bond motifs is 1. The Morgan fingerprint density at radius 1 is 1.00 bits per heavy atom. The second-order valence-electron chi connectivity index (χ2n) is 6.39. The normalized spacial score (nSPS) is 10.7. The molecule has 0 aliphatic carbocycles. The average molecular weight is 404 g/mol. The van der Waals surface area contributed by atoms with E-state index in [2.05, 4.69) is 30.9 Å². The average Bonchev–Trinajstić information content (AvgIpc) is 3.14. The number of carbonyl (C=O) groups is 1. The molecule has 8 heteroatoms. The van der Waals surface area contributed by atoms with Crippen LogP contribution in [0.3, 0.4) is 0 Å². The number of thiazole rings is 1. The van der Waals surface area contributed by atoms with Crippen LogP contribution < -0.4 is 16.0 Å². The molecule has 0 atom stereocenters. The van der Waals surface area contributed by atoms with Gasteiger partial charge in [-0.05, 0) is 50.2 Å². The summed E-state index contributed by atoms with van der Waals surface area (Å²) in [5.74, 6) is 1.09. The molecule has 3 N–H and O–H groups in total. The zero-order chi connectivity index (χ0) is 20.2. The smallest absolute Gasteiger partial charge is 0.284 e. The number of para-hydroxylation sites is 1. The van der Waals surface area contributed by atoms with Crippen LogP contribution >= 0.6 is 11.3 Å². The molecule has 4 aromatic rings. The highest BCUT2D eigenvalue weighted by Crippen LogP contribution is 2.23. The van der Waals surface area contributed by atoms with Crippen LogP contribution in [0.1, 0.15) is 22.4 Å². The van der Waals surface area contributed by atoms with Gasteiger partial charge in [0.25, 0.3) is 5.91 Å². The van der Waals surface area contributed by atoms with Gasteiger partial charge in [0.1, 0.15) is 5.82 Å². The Kier molecular flexibility index (Phi) is 5.35. The van der Waals surface area contributed by atoms with Gasteiger partial charge in [-0.15, -0.1) is 11.3 Å². The summed E-state index contributed by atoms with van der Waals surface area (Å²) in [5, 5.41) is 9.71. The lowest BCUT2D eigenvalue weighted by molar-refractivity contribution is 0.102. The van der Waals surface area contributed by atoms with Crippen molar-refractivity contribution in [2.45, 2.75) is 13.8 Å². The van der Waals surface area contributed by atoms with Crippen molar-refractivity contribution in [2.24, 2.45) is 0 Å². The number of carbonyl (C=O) groups excluding carboxylic acids is 1. The number of aromatic nitrogens is 3. The fraction of sp³-hybridized carbons (Fsp3) is 0.143. The van der Waals surface area contributed by atoms with Crippen molar-refractivity contribution >= 4 is 50.6 Å². The van der Waals surface area contributed by atoms with Crippen molar-refractivity contribution in [3.05, 3.63) is 65.3 Å². The molecular formula is C21H20N6OS. The van der Waals surface area contributed by atoms with E-state index >= 15 is 0 Å². The van der Waals surface area contributed by atoms with Crippen LogP contribution in [0.2, 0.25) is 0 Å². The summed E-state index contributed by atoms with van der Waals surface area (Å²) >= 11 is 1.38. The van der Waals surface area contributed by atoms with Gasteiger partial charge in [-0.2, -0.15) is 4.98 Å². The molecule has 0 saturated carbocycles. The van der Waals surface area contributed by atoms with Crippen LogP contribution in [0.25, 0.3) is 10.2 Å². The van der Waals surface area contributed by atoms with E-state index in [1.807, 2.05) is 68.4 Å². The van der Waals surface area contributed by atoms with Gasteiger partial charge in [-0.1, -0.05) is 12.1 Å². The van der Waals surface area contributed by atoms with E-state index in [4.69, 9.17) is 0 Å². The molecule has 29 heavy (non-hydrogen) atoms. The monoisotopic (exact) mass is 404 g/mol. The Balaban J connectivity index is 1.44. The standard InChI is InChI=1S/C21H20N6OS/c1-3-22-21-23-13(2)12-18(27-21)24-14-8-10-15(11-9-14)25-19(28)20-26-16-6-4-5-7-17(16)29-20/h4-12H,3H2,1-2H3,(H,25,28)(H2,22,23,24,27). The number of hydrogen-bond donors (Lipinski definition) is 3. The third-order valence-corrected chi connectivity index (χ3v) is 5.13. The molecule has 0 fully saturated rings. The molecule has 2 heterocycles. The maximum absolute atomic E-state index is 12.5. The number of hydrogen-bond acceptors (Lipinski definition) is 7. The van der Waals surface area contributed by atoms with Crippen molar-refractivity contribution in [3.8, 4) is 0 Å². The Morgan fingerprint density at radius 2 is 1.76 bits per heavy atom. The van der Waals surface area contributed by atoms with Crippen molar-refractivity contribution in [1.29, 1.82) is 0 Å². The largest absolute Gasteiger partial charge is 0.354 e. The molecule has 7 nitrogen and oxygen atoms in total. The number of amides is 1. The first-order valence-corrected chi connectivity index (χ1v) is 10.1. The minimum absolute atomic E-state index is 0.214. The molecule has 0 aliphatic heterocycles. The summed E-state index contributed by atoms with van der Waals surface area (Å²) in [7, 11) is 0. The van der Waals surface area contributed by atoms with Gasteiger partial charge in [-0.3, -0.25) is 4.79 Å². The second-order valence-corrected chi connectivity index (χ2v) is 7.42. The lowest BCUT2D eigenvalue weighted by atomic mass is 10.2. The number of nitrogens with zero attached hydrogens (tertiary/aromatic N) is 3. The third-order valence-electron chi connectivity index (χ3n) is 4.09. The highest BCUT2D eigenvalue weighted by atomic mass is 32.1. The lowest BCUT2D eigenvalue weighted by Gasteiger charge is -2.10. The number of anilines is 4. The highest BCUT2D eigenvalue weighted by Gasteiger charge is 2.12. The molecule has 2 aromatic carbocycles. The second kappa shape index (κ2) is 8.24. The van der Waals surface area contributed by atoms with Crippen LogP contribution in [0.15, 0.2) is 54.6 Å². The zero-order valence-electron chi connectivity index (χ0n) is 16.1. The molecule has 146 valence electrons. The quantitative estimate of drug-likeness (QED) is 0.427. The lowest BCUT2D eigenvalue weighted by Crippen LogP contribution is -2.11. The molecule has 2 aromatic heterocycles. The zero-order valence-corrected chi connectivity index (χ0v) is 16.9. The van der Waals surface area contributed by atoms with Crippen molar-refractivity contribution in [2.75, 3.05) is 22.5 Å². The first-order chi connectivity index (χ1) is 14.1. The molecule has 0 unspecified atom stereocenters. The van der Waals surface area contributed by atoms with Gasteiger partial charge in [0, 0.05) is 29.7 Å². The number of nitrogens with one attached hydrogen (secondary N) is 3. The van der Waals surface area contributed by atoms with E-state index < -0.39 is 0 Å². The molecule has 4 rings (SSSR count). The topological polar surface area (TPSA) is 91.8 Å². The summed E-state index contributed by atoms with van der Waals surface area (Å²) in [6.07, 6.45) is 0. The first kappa shape index (κ1) is 18.8. The minimum atomic E-state index is -0.214. The third kappa shape index (κ3) is 4.49. The van der Waals surface area contributed by atoms with Crippen molar-refractivity contribution in [1.82, 2.24) is 15.0 Å². The Bertz CT molecular complexity index is 1120. The van der Waals surface area contributed by atoms with Crippen LogP contribution in [-0.4, -0.2) is 27.4 Å². The Hall–Kier alpha value is -3.52. The Labute approximate surface area is 172 Å². The van der Waals surface area contributed by atoms with E-state index in [9.17, 15) is 4.79 Å². The number of rotatable bonds is 6. The van der Waals surface area contributed by atoms with Crippen LogP contribution in [0, 0.1) is 6.92 Å². The van der Waals surface area contributed by atoms with Crippen LogP contribution in [0.5, 0.6) is 0 Å². The minimum Gasteiger partial charge on any atom is -0.354 e. The summed E-state index contributed by atoms with van der Waals surface area (Å²) in [4.78, 5) is 25.7. The summed E-state index contributed by atoms with van der Waals surface area (Å²) in [5.41, 5.74) is 3.27. The van der Waals surface area contributed by atoms with Gasteiger partial charge in [0.05, 0.1) is 10.2 Å². The molecule has 0 spiro atoms. The summed E-state index contributed by atoms with van der Waals surface area (Å²) in [6, 6.07) is 17.0. The van der Waals surface area contributed by atoms with E-state index in [1.54, 1.807) is 0 Å². The van der Waals surface area contributed by atoms with E-state index in [0.717, 1.165) is 28.1 Å². The van der Waals surface area contributed by atoms with E-state index in [0.29, 0.717) is 22.5 Å². The fourth-order valence-corrected chi connectivity index (χ4v) is 3.67. The molecule has 0 radical (unpaired) electrons. The molecule has 0 bridgehead atoms. The van der Waals surface area contributed by atoms with Gasteiger partial charge in [0.2, 0.25) is 5.95 Å². The van der Waals surface area contributed by atoms with Gasteiger partial charge in [-0.25, -0.2) is 9.97 Å². The molecule has 1 amide bonds. The predicted octanol–water partition coefficient (Wildman–Crippen LogP) is 4.82. The number of benzene rings is 2.